The van der Waals surface area contributed by atoms with Crippen LogP contribution in [0.2, 0.25) is 0 Å². The molecule has 3 nitrogen and oxygen atoms in total. The van der Waals surface area contributed by atoms with E-state index >= 15 is 0 Å². The second-order valence-electron chi connectivity index (χ2n) is 5.71. The molecule has 3 N–H and O–H groups in total. The summed E-state index contributed by atoms with van der Waals surface area (Å²) in [6.45, 7) is 4.23. The first kappa shape index (κ1) is 11.6. The van der Waals surface area contributed by atoms with E-state index in [4.69, 9.17) is 5.84 Å². The first-order valence-corrected chi connectivity index (χ1v) is 7.38. The van der Waals surface area contributed by atoms with Gasteiger partial charge in [0.25, 0.3) is 0 Å². The van der Waals surface area contributed by atoms with Crippen LogP contribution in [0.3, 0.4) is 0 Å². The maximum atomic E-state index is 5.73. The third kappa shape index (κ3) is 2.26. The summed E-state index contributed by atoms with van der Waals surface area (Å²) in [5, 5.41) is 1.24. The van der Waals surface area contributed by atoms with Gasteiger partial charge >= 0.3 is 0 Å². The molecule has 2 saturated carbocycles. The van der Waals surface area contributed by atoms with Gasteiger partial charge in [-0.15, -0.1) is 11.3 Å². The molecular weight excluding hydrogens is 230 g/mol. The molecule has 3 atom stereocenters. The fourth-order valence-corrected chi connectivity index (χ4v) is 4.26. The van der Waals surface area contributed by atoms with Crippen LogP contribution in [0.5, 0.6) is 0 Å². The summed E-state index contributed by atoms with van der Waals surface area (Å²) in [6, 6.07) is 0.424. The van der Waals surface area contributed by atoms with Crippen molar-refractivity contribution in [1.29, 1.82) is 0 Å². The van der Waals surface area contributed by atoms with Gasteiger partial charge < -0.3 is 0 Å². The minimum atomic E-state index is 0.424. The lowest BCUT2D eigenvalue weighted by Crippen LogP contribution is -2.42. The molecule has 0 bridgehead atoms. The molecule has 4 heteroatoms. The van der Waals surface area contributed by atoms with Crippen LogP contribution < -0.4 is 11.3 Å². The molecular formula is C13H21N3S. The molecule has 0 saturated heterocycles. The first-order valence-electron chi connectivity index (χ1n) is 6.56. The predicted molar refractivity (Wildman–Crippen MR) is 70.7 cm³/mol. The van der Waals surface area contributed by atoms with Crippen molar-refractivity contribution in [1.82, 2.24) is 10.4 Å². The summed E-state index contributed by atoms with van der Waals surface area (Å²) < 4.78 is 0. The molecule has 2 aliphatic rings. The monoisotopic (exact) mass is 251 g/mol. The van der Waals surface area contributed by atoms with Gasteiger partial charge in [0.1, 0.15) is 0 Å². The van der Waals surface area contributed by atoms with E-state index in [0.29, 0.717) is 6.04 Å². The Hall–Kier alpha value is -0.450. The Morgan fingerprint density at radius 3 is 2.59 bits per heavy atom. The highest BCUT2D eigenvalue weighted by Crippen LogP contribution is 2.55. The number of rotatable bonds is 4. The summed E-state index contributed by atoms with van der Waals surface area (Å²) in [5.74, 6) is 8.55. The molecule has 0 aromatic carbocycles. The van der Waals surface area contributed by atoms with Crippen LogP contribution in [0.15, 0.2) is 0 Å². The molecule has 2 fully saturated rings. The van der Waals surface area contributed by atoms with Crippen LogP contribution in [-0.4, -0.2) is 11.0 Å². The van der Waals surface area contributed by atoms with Crippen molar-refractivity contribution < 1.29 is 0 Å². The zero-order valence-electron chi connectivity index (χ0n) is 10.6. The van der Waals surface area contributed by atoms with E-state index in [0.717, 1.165) is 24.2 Å². The molecule has 94 valence electrons. The van der Waals surface area contributed by atoms with E-state index in [2.05, 4.69) is 24.3 Å². The largest absolute Gasteiger partial charge is 0.271 e. The fourth-order valence-electron chi connectivity index (χ4n) is 3.27. The van der Waals surface area contributed by atoms with Crippen molar-refractivity contribution in [3.63, 3.8) is 0 Å². The molecule has 3 unspecified atom stereocenters. The van der Waals surface area contributed by atoms with Gasteiger partial charge in [0.05, 0.1) is 10.7 Å². The number of thiazole rings is 1. The van der Waals surface area contributed by atoms with Gasteiger partial charge in [0.2, 0.25) is 0 Å². The molecule has 0 amide bonds. The van der Waals surface area contributed by atoms with E-state index in [1.165, 1.54) is 34.8 Å². The molecule has 0 spiro atoms. The van der Waals surface area contributed by atoms with Crippen LogP contribution in [0.25, 0.3) is 0 Å². The number of hydrogen-bond acceptors (Lipinski definition) is 4. The molecule has 1 heterocycles. The number of fused-ring (bicyclic) bond motifs is 1. The Bertz CT molecular complexity index is 385. The van der Waals surface area contributed by atoms with Crippen molar-refractivity contribution in [2.45, 2.75) is 45.6 Å². The summed E-state index contributed by atoms with van der Waals surface area (Å²) in [7, 11) is 0. The Balaban J connectivity index is 1.65. The Morgan fingerprint density at radius 1 is 1.35 bits per heavy atom. The number of hydrogen-bond donors (Lipinski definition) is 2. The second-order valence-corrected chi connectivity index (χ2v) is 7.00. The standard InChI is InChI=1S/C13H21N3S/c1-7-8(2)17-13(15-7)6-12(16-14)11-4-9-3-10(9)5-11/h9-12,16H,3-6,14H2,1-2H3. The van der Waals surface area contributed by atoms with Gasteiger partial charge in [-0.25, -0.2) is 4.98 Å². The fraction of sp³-hybridized carbons (Fsp3) is 0.769. The van der Waals surface area contributed by atoms with Crippen molar-refractivity contribution in [3.05, 3.63) is 15.6 Å². The Morgan fingerprint density at radius 2 is 2.06 bits per heavy atom. The van der Waals surface area contributed by atoms with E-state index in [1.54, 1.807) is 0 Å². The average Bonchev–Trinajstić information content (AvgIpc) is 2.77. The van der Waals surface area contributed by atoms with Crippen LogP contribution >= 0.6 is 11.3 Å². The molecule has 2 aliphatic carbocycles. The minimum Gasteiger partial charge on any atom is -0.271 e. The number of aromatic nitrogens is 1. The number of nitrogens with zero attached hydrogens (tertiary/aromatic N) is 1. The van der Waals surface area contributed by atoms with Crippen molar-refractivity contribution in [3.8, 4) is 0 Å². The molecule has 1 aromatic rings. The maximum Gasteiger partial charge on any atom is 0.0947 e. The Labute approximate surface area is 107 Å². The predicted octanol–water partition coefficient (Wildman–Crippen LogP) is 2.18. The second kappa shape index (κ2) is 4.34. The maximum absolute atomic E-state index is 5.73. The Kier molecular flexibility index (Phi) is 2.97. The van der Waals surface area contributed by atoms with Gasteiger partial charge in [-0.1, -0.05) is 0 Å². The van der Waals surface area contributed by atoms with Crippen molar-refractivity contribution in [2.75, 3.05) is 0 Å². The third-order valence-electron chi connectivity index (χ3n) is 4.53. The smallest absolute Gasteiger partial charge is 0.0947 e. The number of aryl methyl sites for hydroxylation is 2. The quantitative estimate of drug-likeness (QED) is 0.637. The number of nitrogens with one attached hydrogen (secondary N) is 1. The van der Waals surface area contributed by atoms with Crippen molar-refractivity contribution >= 4 is 11.3 Å². The highest BCUT2D eigenvalue weighted by molar-refractivity contribution is 7.11. The average molecular weight is 251 g/mol. The van der Waals surface area contributed by atoms with Crippen LogP contribution in [0.1, 0.15) is 34.8 Å². The van der Waals surface area contributed by atoms with E-state index in [9.17, 15) is 0 Å². The minimum absolute atomic E-state index is 0.424. The summed E-state index contributed by atoms with van der Waals surface area (Å²) in [5.41, 5.74) is 4.20. The lowest BCUT2D eigenvalue weighted by atomic mass is 9.93. The zero-order chi connectivity index (χ0) is 12.0. The molecule has 17 heavy (non-hydrogen) atoms. The zero-order valence-corrected chi connectivity index (χ0v) is 11.4. The lowest BCUT2D eigenvalue weighted by molar-refractivity contribution is 0.335. The normalized spacial score (nSPS) is 32.5. The van der Waals surface area contributed by atoms with Crippen molar-refractivity contribution in [2.24, 2.45) is 23.6 Å². The topological polar surface area (TPSA) is 50.9 Å². The van der Waals surface area contributed by atoms with Gasteiger partial charge in [0, 0.05) is 17.3 Å². The highest BCUT2D eigenvalue weighted by Gasteiger charge is 2.47. The third-order valence-corrected chi connectivity index (χ3v) is 5.63. The van der Waals surface area contributed by atoms with Crippen LogP contribution in [0, 0.1) is 31.6 Å². The lowest BCUT2D eigenvalue weighted by Gasteiger charge is -2.23. The van der Waals surface area contributed by atoms with E-state index in [1.807, 2.05) is 11.3 Å². The molecule has 0 radical (unpaired) electrons. The molecule has 0 aliphatic heterocycles. The van der Waals surface area contributed by atoms with Gasteiger partial charge in [0.15, 0.2) is 0 Å². The molecule has 1 aromatic heterocycles. The van der Waals surface area contributed by atoms with Gasteiger partial charge in [-0.05, 0) is 50.9 Å². The van der Waals surface area contributed by atoms with E-state index < -0.39 is 0 Å². The van der Waals surface area contributed by atoms with Gasteiger partial charge in [-0.2, -0.15) is 0 Å². The first-order chi connectivity index (χ1) is 8.17. The molecule has 3 rings (SSSR count). The summed E-state index contributed by atoms with van der Waals surface area (Å²) >= 11 is 1.82. The number of hydrazine groups is 1. The summed E-state index contributed by atoms with van der Waals surface area (Å²) in [6.07, 6.45) is 5.23. The highest BCUT2D eigenvalue weighted by atomic mass is 32.1. The van der Waals surface area contributed by atoms with Crippen LogP contribution in [0.4, 0.5) is 0 Å². The number of nitrogens with two attached hydrogens (primary N) is 1. The van der Waals surface area contributed by atoms with E-state index in [-0.39, 0.29) is 0 Å². The van der Waals surface area contributed by atoms with Gasteiger partial charge in [-0.3, -0.25) is 11.3 Å². The van der Waals surface area contributed by atoms with Crippen LogP contribution in [-0.2, 0) is 6.42 Å². The summed E-state index contributed by atoms with van der Waals surface area (Å²) in [4.78, 5) is 5.96. The SMILES string of the molecule is Cc1nc(CC(NN)C2CC3CC3C2)sc1C.